The number of likely N-dealkylation sites (N-methyl/N-ethyl adjacent to an activating group) is 1. The van der Waals surface area contributed by atoms with E-state index in [1.807, 2.05) is 38.1 Å². The fourth-order valence-corrected chi connectivity index (χ4v) is 3.29. The van der Waals surface area contributed by atoms with E-state index in [0.717, 1.165) is 35.9 Å². The zero-order chi connectivity index (χ0) is 23.7. The number of amides is 2. The van der Waals surface area contributed by atoms with Gasteiger partial charge in [0.05, 0.1) is 11.7 Å². The first-order valence-electron chi connectivity index (χ1n) is 11.1. The molecule has 0 saturated carbocycles. The minimum atomic E-state index is -0.627. The van der Waals surface area contributed by atoms with Gasteiger partial charge in [0.15, 0.2) is 17.3 Å². The molecule has 0 aliphatic heterocycles. The van der Waals surface area contributed by atoms with Crippen LogP contribution in [-0.2, 0) is 17.6 Å². The van der Waals surface area contributed by atoms with Gasteiger partial charge in [-0.25, -0.2) is 9.97 Å². The van der Waals surface area contributed by atoms with Crippen LogP contribution in [0.4, 0.5) is 17.3 Å². The van der Waals surface area contributed by atoms with Gasteiger partial charge < -0.3 is 26.6 Å². The highest BCUT2D eigenvalue weighted by Crippen LogP contribution is 2.25. The molecular formula is C23H35N7O2. The summed E-state index contributed by atoms with van der Waals surface area (Å²) in [5.41, 5.74) is 8.27. The van der Waals surface area contributed by atoms with Gasteiger partial charge in [0.25, 0.3) is 5.91 Å². The summed E-state index contributed by atoms with van der Waals surface area (Å²) in [6, 6.07) is 7.52. The lowest BCUT2D eigenvalue weighted by Gasteiger charge is -2.23. The number of hydrogen-bond donors (Lipinski definition) is 4. The van der Waals surface area contributed by atoms with E-state index in [4.69, 9.17) is 10.7 Å². The van der Waals surface area contributed by atoms with E-state index < -0.39 is 5.91 Å². The molecule has 0 fully saturated rings. The summed E-state index contributed by atoms with van der Waals surface area (Å²) >= 11 is 0. The van der Waals surface area contributed by atoms with Gasteiger partial charge in [0, 0.05) is 25.3 Å². The summed E-state index contributed by atoms with van der Waals surface area (Å²) in [5, 5.41) is 9.04. The van der Waals surface area contributed by atoms with Crippen LogP contribution in [0.1, 0.15) is 49.4 Å². The van der Waals surface area contributed by atoms with Crippen LogP contribution in [0, 0.1) is 0 Å². The summed E-state index contributed by atoms with van der Waals surface area (Å²) < 4.78 is 0. The second kappa shape index (κ2) is 12.0. The first-order valence-corrected chi connectivity index (χ1v) is 11.1. The molecule has 1 unspecified atom stereocenters. The average Bonchev–Trinajstić information content (AvgIpc) is 2.79. The minimum Gasteiger partial charge on any atom is -0.364 e. The van der Waals surface area contributed by atoms with Crippen molar-refractivity contribution in [3.05, 3.63) is 41.2 Å². The van der Waals surface area contributed by atoms with Crippen molar-refractivity contribution in [1.82, 2.24) is 20.6 Å². The molecule has 0 spiro atoms. The maximum absolute atomic E-state index is 12.1. The van der Waals surface area contributed by atoms with Crippen molar-refractivity contribution in [3.8, 4) is 0 Å². The van der Waals surface area contributed by atoms with Crippen molar-refractivity contribution < 1.29 is 9.59 Å². The number of carbonyl (C=O) groups excluding carboxylic acids is 2. The molecule has 2 aromatic rings. The van der Waals surface area contributed by atoms with Gasteiger partial charge in [-0.1, -0.05) is 19.1 Å². The summed E-state index contributed by atoms with van der Waals surface area (Å²) in [4.78, 5) is 35.3. The standard InChI is InChI=1S/C23H35N7O2/c1-6-18-22(30(7-2)8-3)29-21(19(28-18)20(24)31)27-17-11-9-10-16(14-17)12-13-26-23(32)15(4)25-5/h9-11,14-15,25H,6-8,12-13H2,1-5H3,(H2,24,31)(H,26,32)(H,27,29). The lowest BCUT2D eigenvalue weighted by atomic mass is 10.1. The molecule has 2 rings (SSSR count). The summed E-state index contributed by atoms with van der Waals surface area (Å²) in [6.07, 6.45) is 1.32. The number of anilines is 3. The van der Waals surface area contributed by atoms with Crippen LogP contribution in [-0.4, -0.2) is 54.5 Å². The number of hydrogen-bond acceptors (Lipinski definition) is 7. The molecular weight excluding hydrogens is 406 g/mol. The van der Waals surface area contributed by atoms with E-state index in [2.05, 4.69) is 39.7 Å². The minimum absolute atomic E-state index is 0.0388. The highest BCUT2D eigenvalue weighted by Gasteiger charge is 2.19. The van der Waals surface area contributed by atoms with E-state index in [-0.39, 0.29) is 17.6 Å². The molecule has 1 aromatic carbocycles. The van der Waals surface area contributed by atoms with Crippen molar-refractivity contribution >= 4 is 29.1 Å². The molecule has 32 heavy (non-hydrogen) atoms. The Kier molecular flexibility index (Phi) is 9.39. The number of benzene rings is 1. The summed E-state index contributed by atoms with van der Waals surface area (Å²) in [5.74, 6) is 0.425. The van der Waals surface area contributed by atoms with Crippen LogP contribution in [0.25, 0.3) is 0 Å². The third-order valence-corrected chi connectivity index (χ3v) is 5.31. The SMILES string of the molecule is CCc1nc(C(N)=O)c(Nc2cccc(CCNC(=O)C(C)NC)c2)nc1N(CC)CC. The van der Waals surface area contributed by atoms with Gasteiger partial charge in [-0.05, 0) is 58.4 Å². The first-order chi connectivity index (χ1) is 15.3. The van der Waals surface area contributed by atoms with E-state index in [9.17, 15) is 9.59 Å². The molecule has 0 aliphatic carbocycles. The smallest absolute Gasteiger partial charge is 0.271 e. The predicted octanol–water partition coefficient (Wildman–Crippen LogP) is 1.99. The number of nitrogens with zero attached hydrogens (tertiary/aromatic N) is 3. The Hall–Kier alpha value is -3.20. The van der Waals surface area contributed by atoms with Gasteiger partial charge >= 0.3 is 0 Å². The maximum Gasteiger partial charge on any atom is 0.271 e. The zero-order valence-corrected chi connectivity index (χ0v) is 19.7. The van der Waals surface area contributed by atoms with Crippen LogP contribution >= 0.6 is 0 Å². The number of nitrogens with two attached hydrogens (primary N) is 1. The number of rotatable bonds is 12. The molecule has 9 nitrogen and oxygen atoms in total. The molecule has 0 aliphatic rings. The van der Waals surface area contributed by atoms with E-state index >= 15 is 0 Å². The Balaban J connectivity index is 2.25. The van der Waals surface area contributed by atoms with Gasteiger partial charge in [-0.3, -0.25) is 9.59 Å². The molecule has 0 saturated heterocycles. The second-order valence-corrected chi connectivity index (χ2v) is 7.46. The third-order valence-electron chi connectivity index (χ3n) is 5.31. The topological polar surface area (TPSA) is 125 Å². The number of primary amides is 1. The van der Waals surface area contributed by atoms with Crippen LogP contribution in [0.3, 0.4) is 0 Å². The Bertz CT molecular complexity index is 929. The van der Waals surface area contributed by atoms with E-state index in [1.165, 1.54) is 0 Å². The number of aromatic nitrogens is 2. The fourth-order valence-electron chi connectivity index (χ4n) is 3.29. The van der Waals surface area contributed by atoms with Crippen molar-refractivity contribution in [2.45, 2.75) is 46.6 Å². The largest absolute Gasteiger partial charge is 0.364 e. The molecule has 0 radical (unpaired) electrons. The number of carbonyl (C=O) groups is 2. The van der Waals surface area contributed by atoms with Gasteiger partial charge in [0.2, 0.25) is 5.91 Å². The average molecular weight is 442 g/mol. The summed E-state index contributed by atoms with van der Waals surface area (Å²) in [7, 11) is 1.75. The Morgan fingerprint density at radius 3 is 2.47 bits per heavy atom. The molecule has 1 aromatic heterocycles. The van der Waals surface area contributed by atoms with Crippen LogP contribution in [0.15, 0.2) is 24.3 Å². The van der Waals surface area contributed by atoms with Crippen molar-refractivity contribution in [3.63, 3.8) is 0 Å². The van der Waals surface area contributed by atoms with Gasteiger partial charge in [-0.2, -0.15) is 0 Å². The Labute approximate surface area is 190 Å². The first kappa shape index (κ1) is 25.1. The highest BCUT2D eigenvalue weighted by molar-refractivity contribution is 5.96. The fraction of sp³-hybridized carbons (Fsp3) is 0.478. The zero-order valence-electron chi connectivity index (χ0n) is 19.7. The molecule has 174 valence electrons. The lowest BCUT2D eigenvalue weighted by Crippen LogP contribution is -2.41. The monoisotopic (exact) mass is 441 g/mol. The molecule has 2 amide bonds. The highest BCUT2D eigenvalue weighted by atomic mass is 16.2. The second-order valence-electron chi connectivity index (χ2n) is 7.46. The van der Waals surface area contributed by atoms with Crippen LogP contribution < -0.4 is 26.6 Å². The normalized spacial score (nSPS) is 11.7. The molecule has 9 heteroatoms. The third kappa shape index (κ3) is 6.40. The Morgan fingerprint density at radius 1 is 1.16 bits per heavy atom. The number of aryl methyl sites for hydroxylation is 1. The summed E-state index contributed by atoms with van der Waals surface area (Å²) in [6.45, 7) is 9.99. The van der Waals surface area contributed by atoms with E-state index in [1.54, 1.807) is 7.05 Å². The molecule has 1 atom stereocenters. The maximum atomic E-state index is 12.1. The molecule has 1 heterocycles. The van der Waals surface area contributed by atoms with Crippen molar-refractivity contribution in [2.75, 3.05) is 36.9 Å². The lowest BCUT2D eigenvalue weighted by molar-refractivity contribution is -0.122. The predicted molar refractivity (Wildman–Crippen MR) is 128 cm³/mol. The van der Waals surface area contributed by atoms with Crippen molar-refractivity contribution in [2.24, 2.45) is 5.73 Å². The number of nitrogens with one attached hydrogen (secondary N) is 3. The van der Waals surface area contributed by atoms with Gasteiger partial charge in [-0.15, -0.1) is 0 Å². The Morgan fingerprint density at radius 2 is 1.88 bits per heavy atom. The van der Waals surface area contributed by atoms with Crippen molar-refractivity contribution in [1.29, 1.82) is 0 Å². The van der Waals surface area contributed by atoms with Gasteiger partial charge in [0.1, 0.15) is 0 Å². The van der Waals surface area contributed by atoms with Crippen LogP contribution in [0.5, 0.6) is 0 Å². The van der Waals surface area contributed by atoms with Crippen LogP contribution in [0.2, 0.25) is 0 Å². The molecule has 0 bridgehead atoms. The quantitative estimate of drug-likeness (QED) is 0.397. The van der Waals surface area contributed by atoms with E-state index in [0.29, 0.717) is 25.2 Å². The molecule has 5 N–H and O–H groups in total.